The predicted octanol–water partition coefficient (Wildman–Crippen LogP) is 2.35. The van der Waals surface area contributed by atoms with Crippen molar-refractivity contribution in [1.29, 1.82) is 5.26 Å². The molecule has 22 heavy (non-hydrogen) atoms. The minimum atomic E-state index is -0.653. The van der Waals surface area contributed by atoms with Gasteiger partial charge in [-0.2, -0.15) is 5.26 Å². The molecule has 0 spiro atoms. The molecule has 1 aromatic rings. The standard InChI is InChI=1S/C18H22N2O2/c1-17(22)7-2-11-20(12-10-17)16(21)18(8-9-18)15-5-3-14(13-19)4-6-15/h3-6,22H,2,7-12H2,1H3. The molecule has 0 radical (unpaired) electrons. The van der Waals surface area contributed by atoms with Crippen molar-refractivity contribution in [3.63, 3.8) is 0 Å². The van der Waals surface area contributed by atoms with E-state index in [1.54, 1.807) is 12.1 Å². The average Bonchev–Trinajstić information content (AvgIpc) is 3.32. The molecule has 1 heterocycles. The van der Waals surface area contributed by atoms with Gasteiger partial charge in [-0.3, -0.25) is 4.79 Å². The molecule has 4 nitrogen and oxygen atoms in total. The summed E-state index contributed by atoms with van der Waals surface area (Å²) in [6.45, 7) is 3.21. The Labute approximate surface area is 131 Å². The molecule has 1 amide bonds. The van der Waals surface area contributed by atoms with Gasteiger partial charge in [0.05, 0.1) is 22.6 Å². The largest absolute Gasteiger partial charge is 0.390 e. The van der Waals surface area contributed by atoms with Crippen LogP contribution in [0, 0.1) is 11.3 Å². The van der Waals surface area contributed by atoms with Crippen LogP contribution in [0.15, 0.2) is 24.3 Å². The van der Waals surface area contributed by atoms with E-state index in [2.05, 4.69) is 6.07 Å². The molecule has 1 atom stereocenters. The number of rotatable bonds is 2. The first-order valence-electron chi connectivity index (χ1n) is 7.99. The molecule has 3 rings (SSSR count). The maximum atomic E-state index is 13.0. The second-order valence-electron chi connectivity index (χ2n) is 6.91. The lowest BCUT2D eigenvalue weighted by molar-refractivity contribution is -0.134. The summed E-state index contributed by atoms with van der Waals surface area (Å²) in [5.41, 5.74) is 0.606. The third-order valence-corrected chi connectivity index (χ3v) is 5.08. The maximum absolute atomic E-state index is 13.0. The van der Waals surface area contributed by atoms with Gasteiger partial charge >= 0.3 is 0 Å². The molecule has 1 N–H and O–H groups in total. The van der Waals surface area contributed by atoms with E-state index in [1.807, 2.05) is 24.0 Å². The van der Waals surface area contributed by atoms with E-state index in [0.717, 1.165) is 37.8 Å². The van der Waals surface area contributed by atoms with E-state index in [0.29, 0.717) is 18.5 Å². The molecule has 0 aromatic heterocycles. The minimum absolute atomic E-state index is 0.190. The van der Waals surface area contributed by atoms with Crippen molar-refractivity contribution in [2.45, 2.75) is 50.0 Å². The van der Waals surface area contributed by atoms with Gasteiger partial charge in [0.1, 0.15) is 0 Å². The summed E-state index contributed by atoms with van der Waals surface area (Å²) in [4.78, 5) is 14.9. The smallest absolute Gasteiger partial charge is 0.233 e. The van der Waals surface area contributed by atoms with Crippen LogP contribution in [0.4, 0.5) is 0 Å². The van der Waals surface area contributed by atoms with Crippen LogP contribution in [-0.4, -0.2) is 34.6 Å². The molecule has 1 aliphatic carbocycles. The zero-order valence-corrected chi connectivity index (χ0v) is 13.0. The van der Waals surface area contributed by atoms with Crippen LogP contribution in [0.1, 0.15) is 50.2 Å². The van der Waals surface area contributed by atoms with Gasteiger partial charge in [0.2, 0.25) is 5.91 Å². The quantitative estimate of drug-likeness (QED) is 0.911. The molecule has 1 aromatic carbocycles. The van der Waals surface area contributed by atoms with Crippen LogP contribution >= 0.6 is 0 Å². The van der Waals surface area contributed by atoms with Gasteiger partial charge in [0, 0.05) is 13.1 Å². The third kappa shape index (κ3) is 2.74. The third-order valence-electron chi connectivity index (χ3n) is 5.08. The van der Waals surface area contributed by atoms with Crippen molar-refractivity contribution >= 4 is 5.91 Å². The highest BCUT2D eigenvalue weighted by molar-refractivity contribution is 5.91. The fraction of sp³-hybridized carbons (Fsp3) is 0.556. The van der Waals surface area contributed by atoms with E-state index in [9.17, 15) is 9.90 Å². The Hall–Kier alpha value is -1.86. The summed E-state index contributed by atoms with van der Waals surface area (Å²) in [6.07, 6.45) is 4.00. The SMILES string of the molecule is CC1(O)CCCN(C(=O)C2(c3ccc(C#N)cc3)CC2)CC1. The molecule has 1 saturated carbocycles. The first-order chi connectivity index (χ1) is 10.5. The summed E-state index contributed by atoms with van der Waals surface area (Å²) in [5.74, 6) is 0.190. The molecule has 0 bridgehead atoms. The summed E-state index contributed by atoms with van der Waals surface area (Å²) >= 11 is 0. The first kappa shape index (κ1) is 15.1. The monoisotopic (exact) mass is 298 g/mol. The summed E-state index contributed by atoms with van der Waals surface area (Å²) in [7, 11) is 0. The van der Waals surface area contributed by atoms with Crippen LogP contribution in [0.25, 0.3) is 0 Å². The Morgan fingerprint density at radius 3 is 2.45 bits per heavy atom. The number of hydrogen-bond acceptors (Lipinski definition) is 3. The van der Waals surface area contributed by atoms with E-state index in [-0.39, 0.29) is 11.3 Å². The van der Waals surface area contributed by atoms with E-state index >= 15 is 0 Å². The van der Waals surface area contributed by atoms with E-state index in [1.165, 1.54) is 0 Å². The number of nitrogens with zero attached hydrogens (tertiary/aromatic N) is 2. The number of benzene rings is 1. The molecule has 2 aliphatic rings. The van der Waals surface area contributed by atoms with Crippen molar-refractivity contribution in [2.75, 3.05) is 13.1 Å². The van der Waals surface area contributed by atoms with Gasteiger partial charge in [-0.1, -0.05) is 12.1 Å². The van der Waals surface area contributed by atoms with Gasteiger partial charge in [-0.05, 0) is 56.7 Å². The Bertz CT molecular complexity index is 609. The Balaban J connectivity index is 1.77. The second kappa shape index (κ2) is 5.40. The Morgan fingerprint density at radius 2 is 1.86 bits per heavy atom. The van der Waals surface area contributed by atoms with E-state index in [4.69, 9.17) is 5.26 Å². The first-order valence-corrected chi connectivity index (χ1v) is 7.99. The van der Waals surface area contributed by atoms with Gasteiger partial charge in [-0.15, -0.1) is 0 Å². The highest BCUT2D eigenvalue weighted by atomic mass is 16.3. The highest BCUT2D eigenvalue weighted by Gasteiger charge is 2.53. The fourth-order valence-electron chi connectivity index (χ4n) is 3.38. The predicted molar refractivity (Wildman–Crippen MR) is 83.1 cm³/mol. The van der Waals surface area contributed by atoms with Crippen LogP contribution in [-0.2, 0) is 10.2 Å². The molecular weight excluding hydrogens is 276 g/mol. The molecule has 116 valence electrons. The molecule has 4 heteroatoms. The van der Waals surface area contributed by atoms with Gasteiger partial charge < -0.3 is 10.0 Å². The van der Waals surface area contributed by atoms with Crippen LogP contribution in [0.3, 0.4) is 0 Å². The van der Waals surface area contributed by atoms with Crippen molar-refractivity contribution in [3.8, 4) is 6.07 Å². The Morgan fingerprint density at radius 1 is 1.18 bits per heavy atom. The highest BCUT2D eigenvalue weighted by Crippen LogP contribution is 2.50. The fourth-order valence-corrected chi connectivity index (χ4v) is 3.38. The molecular formula is C18H22N2O2. The molecule has 1 unspecified atom stereocenters. The number of carbonyl (C=O) groups is 1. The van der Waals surface area contributed by atoms with Gasteiger partial charge in [-0.25, -0.2) is 0 Å². The zero-order valence-electron chi connectivity index (χ0n) is 13.0. The topological polar surface area (TPSA) is 64.3 Å². The average molecular weight is 298 g/mol. The zero-order chi connectivity index (χ0) is 15.8. The van der Waals surface area contributed by atoms with Gasteiger partial charge in [0.15, 0.2) is 0 Å². The number of hydrogen-bond donors (Lipinski definition) is 1. The minimum Gasteiger partial charge on any atom is -0.390 e. The maximum Gasteiger partial charge on any atom is 0.233 e. The number of amides is 1. The van der Waals surface area contributed by atoms with Crippen molar-refractivity contribution in [1.82, 2.24) is 4.90 Å². The van der Waals surface area contributed by atoms with Crippen molar-refractivity contribution in [3.05, 3.63) is 35.4 Å². The van der Waals surface area contributed by atoms with Crippen LogP contribution in [0.2, 0.25) is 0 Å². The number of nitriles is 1. The number of likely N-dealkylation sites (tertiary alicyclic amines) is 1. The summed E-state index contributed by atoms with van der Waals surface area (Å²) in [5, 5.41) is 19.1. The lowest BCUT2D eigenvalue weighted by Gasteiger charge is -2.27. The normalized spacial score (nSPS) is 26.9. The van der Waals surface area contributed by atoms with Gasteiger partial charge in [0.25, 0.3) is 0 Å². The van der Waals surface area contributed by atoms with Crippen LogP contribution < -0.4 is 0 Å². The molecule has 2 fully saturated rings. The summed E-state index contributed by atoms with van der Waals surface area (Å²) < 4.78 is 0. The Kier molecular flexibility index (Phi) is 3.70. The summed E-state index contributed by atoms with van der Waals surface area (Å²) in [6, 6.07) is 9.52. The molecule has 1 saturated heterocycles. The number of carbonyl (C=O) groups excluding carboxylic acids is 1. The van der Waals surface area contributed by atoms with E-state index < -0.39 is 5.60 Å². The molecule has 1 aliphatic heterocycles. The van der Waals surface area contributed by atoms with Crippen LogP contribution in [0.5, 0.6) is 0 Å². The van der Waals surface area contributed by atoms with Crippen molar-refractivity contribution < 1.29 is 9.90 Å². The lowest BCUT2D eigenvalue weighted by atomic mass is 9.93. The van der Waals surface area contributed by atoms with Crippen molar-refractivity contribution in [2.24, 2.45) is 0 Å². The lowest BCUT2D eigenvalue weighted by Crippen LogP contribution is -2.40. The number of aliphatic hydroxyl groups is 1. The second-order valence-corrected chi connectivity index (χ2v) is 6.91.